The number of nitro groups is 1. The summed E-state index contributed by atoms with van der Waals surface area (Å²) >= 11 is 0. The fourth-order valence-corrected chi connectivity index (χ4v) is 2.75. The Bertz CT molecular complexity index is 746. The lowest BCUT2D eigenvalue weighted by molar-refractivity contribution is -0.384. The van der Waals surface area contributed by atoms with Crippen molar-refractivity contribution in [2.45, 2.75) is 25.9 Å². The van der Waals surface area contributed by atoms with Gasteiger partial charge in [0, 0.05) is 24.6 Å². The largest absolute Gasteiger partial charge is 0.380 e. The van der Waals surface area contributed by atoms with Gasteiger partial charge in [-0.15, -0.1) is 0 Å². The van der Waals surface area contributed by atoms with Crippen LogP contribution < -0.4 is 10.2 Å². The Kier molecular flexibility index (Phi) is 3.97. The van der Waals surface area contributed by atoms with E-state index in [0.717, 1.165) is 5.56 Å². The van der Waals surface area contributed by atoms with Crippen LogP contribution in [0.3, 0.4) is 0 Å². The lowest BCUT2D eigenvalue weighted by Crippen LogP contribution is -2.31. The minimum Gasteiger partial charge on any atom is -0.380 e. The summed E-state index contributed by atoms with van der Waals surface area (Å²) in [7, 11) is 0. The van der Waals surface area contributed by atoms with Gasteiger partial charge in [-0.05, 0) is 18.6 Å². The van der Waals surface area contributed by atoms with Crippen molar-refractivity contribution >= 4 is 23.0 Å². The zero-order valence-corrected chi connectivity index (χ0v) is 12.7. The topological polar surface area (TPSA) is 75.5 Å². The molecule has 0 bridgehead atoms. The van der Waals surface area contributed by atoms with Crippen LogP contribution in [0.5, 0.6) is 0 Å². The van der Waals surface area contributed by atoms with Gasteiger partial charge in [0.25, 0.3) is 5.69 Å². The Morgan fingerprint density at radius 3 is 2.70 bits per heavy atom. The van der Waals surface area contributed by atoms with E-state index in [-0.39, 0.29) is 17.6 Å². The Labute approximate surface area is 133 Å². The molecule has 2 aromatic carbocycles. The van der Waals surface area contributed by atoms with E-state index in [0.29, 0.717) is 24.3 Å². The van der Waals surface area contributed by atoms with Gasteiger partial charge in [-0.25, -0.2) is 0 Å². The molecule has 2 aromatic rings. The molecule has 6 nitrogen and oxygen atoms in total. The maximum absolute atomic E-state index is 12.6. The predicted octanol–water partition coefficient (Wildman–Crippen LogP) is 3.33. The molecule has 0 aromatic heterocycles. The zero-order valence-electron chi connectivity index (χ0n) is 12.7. The fourth-order valence-electron chi connectivity index (χ4n) is 2.75. The number of non-ortho nitro benzene ring substituents is 1. The first kappa shape index (κ1) is 15.0. The van der Waals surface area contributed by atoms with E-state index in [4.69, 9.17) is 0 Å². The van der Waals surface area contributed by atoms with Crippen LogP contribution in [0, 0.1) is 10.1 Å². The molecular formula is C17H17N3O3. The van der Waals surface area contributed by atoms with Gasteiger partial charge in [0.05, 0.1) is 22.8 Å². The number of hydrogen-bond donors (Lipinski definition) is 1. The SMILES string of the molecule is CC1CC(=O)N(Cc2ccccc2)c2ccc([N+](=O)[O-])cc2N1. The number of amides is 1. The van der Waals surface area contributed by atoms with Crippen LogP contribution >= 0.6 is 0 Å². The number of rotatable bonds is 3. The summed E-state index contributed by atoms with van der Waals surface area (Å²) in [6, 6.07) is 14.2. The van der Waals surface area contributed by atoms with Crippen LogP contribution in [0.25, 0.3) is 0 Å². The highest BCUT2D eigenvalue weighted by Crippen LogP contribution is 2.34. The van der Waals surface area contributed by atoms with E-state index < -0.39 is 4.92 Å². The number of hydrogen-bond acceptors (Lipinski definition) is 4. The van der Waals surface area contributed by atoms with E-state index in [2.05, 4.69) is 5.32 Å². The average Bonchev–Trinajstić information content (AvgIpc) is 2.64. The highest BCUT2D eigenvalue weighted by atomic mass is 16.6. The smallest absolute Gasteiger partial charge is 0.271 e. The molecule has 1 amide bonds. The number of anilines is 2. The van der Waals surface area contributed by atoms with Crippen molar-refractivity contribution in [1.29, 1.82) is 0 Å². The lowest BCUT2D eigenvalue weighted by Gasteiger charge is -2.22. The summed E-state index contributed by atoms with van der Waals surface area (Å²) in [4.78, 5) is 24.8. The molecule has 23 heavy (non-hydrogen) atoms. The van der Waals surface area contributed by atoms with Crippen molar-refractivity contribution in [1.82, 2.24) is 0 Å². The third-order valence-electron chi connectivity index (χ3n) is 3.85. The van der Waals surface area contributed by atoms with Crippen molar-refractivity contribution < 1.29 is 9.72 Å². The van der Waals surface area contributed by atoms with Gasteiger partial charge in [0.1, 0.15) is 0 Å². The van der Waals surface area contributed by atoms with Gasteiger partial charge in [-0.3, -0.25) is 14.9 Å². The molecule has 0 spiro atoms. The number of carbonyl (C=O) groups is 1. The van der Waals surface area contributed by atoms with Crippen molar-refractivity contribution in [3.63, 3.8) is 0 Å². The second-order valence-electron chi connectivity index (χ2n) is 5.67. The molecule has 0 saturated carbocycles. The number of nitro benzene ring substituents is 1. The molecular weight excluding hydrogens is 294 g/mol. The fraction of sp³-hybridized carbons (Fsp3) is 0.235. The molecule has 1 atom stereocenters. The molecule has 118 valence electrons. The number of nitrogens with zero attached hydrogens (tertiary/aromatic N) is 2. The normalized spacial score (nSPS) is 17.2. The summed E-state index contributed by atoms with van der Waals surface area (Å²) in [5.41, 5.74) is 2.32. The summed E-state index contributed by atoms with van der Waals surface area (Å²) in [5.74, 6) is 0.00135. The van der Waals surface area contributed by atoms with Crippen molar-refractivity contribution in [2.24, 2.45) is 0 Å². The summed E-state index contributed by atoms with van der Waals surface area (Å²) in [6.45, 7) is 2.34. The molecule has 1 aliphatic rings. The highest BCUT2D eigenvalue weighted by Gasteiger charge is 2.26. The van der Waals surface area contributed by atoms with Crippen LogP contribution in [0.2, 0.25) is 0 Å². The van der Waals surface area contributed by atoms with Gasteiger partial charge < -0.3 is 10.2 Å². The first-order valence-corrected chi connectivity index (χ1v) is 7.44. The van der Waals surface area contributed by atoms with E-state index in [1.165, 1.54) is 12.1 Å². The molecule has 0 radical (unpaired) electrons. The molecule has 1 heterocycles. The summed E-state index contributed by atoms with van der Waals surface area (Å²) < 4.78 is 0. The van der Waals surface area contributed by atoms with Crippen molar-refractivity contribution in [3.05, 3.63) is 64.2 Å². The highest BCUT2D eigenvalue weighted by molar-refractivity contribution is 5.99. The van der Waals surface area contributed by atoms with Crippen molar-refractivity contribution in [3.8, 4) is 0 Å². The van der Waals surface area contributed by atoms with Crippen LogP contribution in [0.1, 0.15) is 18.9 Å². The van der Waals surface area contributed by atoms with E-state index in [1.54, 1.807) is 11.0 Å². The second-order valence-corrected chi connectivity index (χ2v) is 5.67. The molecule has 6 heteroatoms. The monoisotopic (exact) mass is 311 g/mol. The molecule has 1 unspecified atom stereocenters. The number of carbonyl (C=O) groups excluding carboxylic acids is 1. The van der Waals surface area contributed by atoms with Gasteiger partial charge in [0.15, 0.2) is 0 Å². The summed E-state index contributed by atoms with van der Waals surface area (Å²) in [6.07, 6.45) is 0.343. The first-order chi connectivity index (χ1) is 11.0. The Morgan fingerprint density at radius 2 is 2.00 bits per heavy atom. The average molecular weight is 311 g/mol. The number of fused-ring (bicyclic) bond motifs is 1. The third-order valence-corrected chi connectivity index (χ3v) is 3.85. The Morgan fingerprint density at radius 1 is 1.26 bits per heavy atom. The minimum absolute atomic E-state index is 0.00135. The maximum atomic E-state index is 12.6. The summed E-state index contributed by atoms with van der Waals surface area (Å²) in [5, 5.41) is 14.2. The van der Waals surface area contributed by atoms with Crippen LogP contribution in [-0.4, -0.2) is 16.9 Å². The lowest BCUT2D eigenvalue weighted by atomic mass is 10.1. The third kappa shape index (κ3) is 3.15. The first-order valence-electron chi connectivity index (χ1n) is 7.44. The molecule has 0 saturated heterocycles. The quantitative estimate of drug-likeness (QED) is 0.697. The molecule has 1 N–H and O–H groups in total. The molecule has 1 aliphatic heterocycles. The van der Waals surface area contributed by atoms with Crippen LogP contribution in [-0.2, 0) is 11.3 Å². The predicted molar refractivity (Wildman–Crippen MR) is 88.4 cm³/mol. The number of benzene rings is 2. The number of nitrogens with one attached hydrogen (secondary N) is 1. The Hall–Kier alpha value is -2.89. The van der Waals surface area contributed by atoms with E-state index in [1.807, 2.05) is 37.3 Å². The van der Waals surface area contributed by atoms with Gasteiger partial charge in [0.2, 0.25) is 5.91 Å². The van der Waals surface area contributed by atoms with Gasteiger partial charge in [-0.2, -0.15) is 0 Å². The van der Waals surface area contributed by atoms with Crippen LogP contribution in [0.4, 0.5) is 17.1 Å². The molecule has 0 aliphatic carbocycles. The zero-order chi connectivity index (χ0) is 16.4. The molecule has 0 fully saturated rings. The minimum atomic E-state index is -0.430. The second kappa shape index (κ2) is 6.08. The maximum Gasteiger partial charge on any atom is 0.271 e. The Balaban J connectivity index is 2.02. The standard InChI is InChI=1S/C17H17N3O3/c1-12-9-17(21)19(11-13-5-3-2-4-6-13)16-8-7-14(20(22)23)10-15(16)18-12/h2-8,10,12,18H,9,11H2,1H3. The van der Waals surface area contributed by atoms with E-state index >= 15 is 0 Å². The van der Waals surface area contributed by atoms with E-state index in [9.17, 15) is 14.9 Å². The van der Waals surface area contributed by atoms with Crippen molar-refractivity contribution in [2.75, 3.05) is 10.2 Å². The molecule has 3 rings (SSSR count). The van der Waals surface area contributed by atoms with Crippen LogP contribution in [0.15, 0.2) is 48.5 Å². The van der Waals surface area contributed by atoms with Gasteiger partial charge in [-0.1, -0.05) is 30.3 Å². The van der Waals surface area contributed by atoms with Gasteiger partial charge >= 0.3 is 0 Å².